The molecule has 0 saturated carbocycles. The molecule has 0 fully saturated rings. The van der Waals surface area contributed by atoms with Crippen LogP contribution in [-0.2, 0) is 14.8 Å². The van der Waals surface area contributed by atoms with Crippen LogP contribution in [0.15, 0.2) is 81.2 Å². The van der Waals surface area contributed by atoms with E-state index in [2.05, 4.69) is 25.8 Å². The number of nitrogens with one attached hydrogen (secondary N) is 1. The van der Waals surface area contributed by atoms with Crippen LogP contribution in [0.5, 0.6) is 0 Å². The Morgan fingerprint density at radius 1 is 1.09 bits per heavy atom. The molecule has 3 aromatic rings. The minimum Gasteiger partial charge on any atom is -0.280 e. The van der Waals surface area contributed by atoms with Gasteiger partial charge in [-0.2, -0.15) is 5.10 Å². The quantitative estimate of drug-likeness (QED) is 0.432. The van der Waals surface area contributed by atoms with Crippen molar-refractivity contribution in [2.24, 2.45) is 5.10 Å². The van der Waals surface area contributed by atoms with E-state index < -0.39 is 10.0 Å². The average molecular weight is 547 g/mol. The first kappa shape index (κ1) is 23.5. The topological polar surface area (TPSA) is 78.8 Å². The number of benzene rings is 3. The molecule has 1 heterocycles. The van der Waals surface area contributed by atoms with E-state index in [4.69, 9.17) is 11.6 Å². The lowest BCUT2D eigenvalue weighted by molar-refractivity contribution is -0.130. The Labute approximate surface area is 206 Å². The van der Waals surface area contributed by atoms with Crippen LogP contribution in [0.4, 0.5) is 5.69 Å². The molecule has 6 nitrogen and oxygen atoms in total. The van der Waals surface area contributed by atoms with E-state index in [0.29, 0.717) is 27.2 Å². The van der Waals surface area contributed by atoms with E-state index in [1.807, 2.05) is 12.1 Å². The van der Waals surface area contributed by atoms with Gasteiger partial charge in [0.1, 0.15) is 0 Å². The van der Waals surface area contributed by atoms with E-state index in [9.17, 15) is 13.2 Å². The first-order valence-electron chi connectivity index (χ1n) is 10.2. The van der Waals surface area contributed by atoms with Gasteiger partial charge in [-0.3, -0.25) is 9.52 Å². The molecule has 4 rings (SSSR count). The van der Waals surface area contributed by atoms with Gasteiger partial charge in [-0.1, -0.05) is 57.9 Å². The van der Waals surface area contributed by atoms with Crippen molar-refractivity contribution >= 4 is 54.9 Å². The van der Waals surface area contributed by atoms with E-state index >= 15 is 0 Å². The Bertz CT molecular complexity index is 1340. The lowest BCUT2D eigenvalue weighted by Gasteiger charge is -2.20. The summed E-state index contributed by atoms with van der Waals surface area (Å²) in [6.07, 6.45) is 0.545. The maximum absolute atomic E-state index is 12.8. The van der Waals surface area contributed by atoms with Crippen LogP contribution in [0.25, 0.3) is 0 Å². The van der Waals surface area contributed by atoms with Crippen molar-refractivity contribution in [3.8, 4) is 0 Å². The van der Waals surface area contributed by atoms with Crippen molar-refractivity contribution in [2.45, 2.75) is 31.2 Å². The highest BCUT2D eigenvalue weighted by molar-refractivity contribution is 9.10. The third-order valence-electron chi connectivity index (χ3n) is 5.40. The number of sulfonamides is 1. The van der Waals surface area contributed by atoms with Gasteiger partial charge >= 0.3 is 0 Å². The van der Waals surface area contributed by atoms with Crippen LogP contribution < -0.4 is 4.72 Å². The highest BCUT2D eigenvalue weighted by Crippen LogP contribution is 2.33. The molecule has 0 saturated heterocycles. The zero-order valence-corrected chi connectivity index (χ0v) is 21.1. The number of halogens is 2. The molecule has 1 amide bonds. The average Bonchev–Trinajstić information content (AvgIpc) is 3.22. The minimum absolute atomic E-state index is 0.154. The van der Waals surface area contributed by atoms with Gasteiger partial charge in [0.15, 0.2) is 0 Å². The lowest BCUT2D eigenvalue weighted by atomic mass is 9.98. The Hall–Kier alpha value is -2.68. The predicted octanol–water partition coefficient (Wildman–Crippen LogP) is 5.91. The van der Waals surface area contributed by atoms with Gasteiger partial charge in [0.2, 0.25) is 5.91 Å². The molecule has 1 unspecified atom stereocenters. The monoisotopic (exact) mass is 545 g/mol. The lowest BCUT2D eigenvalue weighted by Crippen LogP contribution is -2.24. The number of anilines is 1. The van der Waals surface area contributed by atoms with Crippen molar-refractivity contribution in [1.29, 1.82) is 0 Å². The van der Waals surface area contributed by atoms with Crippen molar-refractivity contribution in [3.05, 3.63) is 92.9 Å². The highest BCUT2D eigenvalue weighted by Gasteiger charge is 2.31. The summed E-state index contributed by atoms with van der Waals surface area (Å²) in [6, 6.07) is 19.3. The van der Waals surface area contributed by atoms with E-state index in [1.54, 1.807) is 61.5 Å². The Kier molecular flexibility index (Phi) is 6.61. The molecule has 0 aliphatic carbocycles. The first-order valence-corrected chi connectivity index (χ1v) is 12.8. The molecule has 0 bridgehead atoms. The summed E-state index contributed by atoms with van der Waals surface area (Å²) in [5, 5.41) is 6.64. The van der Waals surface area contributed by atoms with Crippen LogP contribution in [0, 0.1) is 6.92 Å². The molecular weight excluding hydrogens is 526 g/mol. The first-order chi connectivity index (χ1) is 15.6. The van der Waals surface area contributed by atoms with Gasteiger partial charge in [-0.15, -0.1) is 0 Å². The molecule has 0 aromatic heterocycles. The number of hydrazone groups is 1. The number of carbonyl (C=O) groups is 1. The second kappa shape index (κ2) is 9.29. The summed E-state index contributed by atoms with van der Waals surface area (Å²) in [6.45, 7) is 3.23. The van der Waals surface area contributed by atoms with E-state index in [1.165, 1.54) is 11.9 Å². The molecule has 3 aromatic carbocycles. The number of hydrogen-bond acceptors (Lipinski definition) is 4. The number of hydrogen-bond donors (Lipinski definition) is 1. The minimum atomic E-state index is -3.74. The second-order valence-corrected chi connectivity index (χ2v) is 10.8. The number of aryl methyl sites for hydroxylation is 1. The molecule has 1 aliphatic rings. The smallest absolute Gasteiger partial charge is 0.262 e. The van der Waals surface area contributed by atoms with Crippen LogP contribution in [0.1, 0.15) is 36.1 Å². The second-order valence-electron chi connectivity index (χ2n) is 7.77. The van der Waals surface area contributed by atoms with Crippen molar-refractivity contribution in [1.82, 2.24) is 5.01 Å². The summed E-state index contributed by atoms with van der Waals surface area (Å²) in [5.74, 6) is -0.154. The van der Waals surface area contributed by atoms with Gasteiger partial charge in [0.05, 0.1) is 16.6 Å². The summed E-state index contributed by atoms with van der Waals surface area (Å²) >= 11 is 9.32. The molecular formula is C24H21BrClN3O3S. The normalized spacial score (nSPS) is 15.9. The summed E-state index contributed by atoms with van der Waals surface area (Å²) in [7, 11) is -3.74. The van der Waals surface area contributed by atoms with Crippen LogP contribution in [0.3, 0.4) is 0 Å². The molecule has 0 spiro atoms. The Balaban J connectivity index is 1.55. The zero-order chi connectivity index (χ0) is 23.8. The van der Waals surface area contributed by atoms with E-state index in [-0.39, 0.29) is 16.8 Å². The van der Waals surface area contributed by atoms with Gasteiger partial charge in [0, 0.05) is 28.5 Å². The predicted molar refractivity (Wildman–Crippen MR) is 134 cm³/mol. The summed E-state index contributed by atoms with van der Waals surface area (Å²) < 4.78 is 29.0. The van der Waals surface area contributed by atoms with Gasteiger partial charge < -0.3 is 0 Å². The molecule has 170 valence electrons. The Morgan fingerprint density at radius 2 is 1.76 bits per heavy atom. The molecule has 0 radical (unpaired) electrons. The third-order valence-corrected chi connectivity index (χ3v) is 7.67. The SMILES string of the molecule is CC(=O)N1N=C(c2ccc(NS(=O)(=O)c3cc(Br)ccc3C)cc2)CC1c1ccc(Cl)cc1. The third kappa shape index (κ3) is 5.13. The van der Waals surface area contributed by atoms with E-state index in [0.717, 1.165) is 16.8 Å². The number of carbonyl (C=O) groups excluding carboxylic acids is 1. The fraction of sp³-hybridized carbons (Fsp3) is 0.167. The largest absolute Gasteiger partial charge is 0.280 e. The Morgan fingerprint density at radius 3 is 2.39 bits per heavy atom. The maximum atomic E-state index is 12.8. The standard InChI is InChI=1S/C24H21BrClN3O3S/c1-15-3-8-19(25)13-24(15)33(31,32)28-21-11-6-17(7-12-21)22-14-23(29(27-22)16(2)30)18-4-9-20(26)10-5-18/h3-13,23,28H,14H2,1-2H3. The fourth-order valence-electron chi connectivity index (χ4n) is 3.72. The fourth-order valence-corrected chi connectivity index (χ4v) is 5.69. The van der Waals surface area contributed by atoms with Gasteiger partial charge in [0.25, 0.3) is 10.0 Å². The molecule has 1 atom stereocenters. The zero-order valence-electron chi connectivity index (χ0n) is 17.9. The molecule has 9 heteroatoms. The van der Waals surface area contributed by atoms with Crippen LogP contribution >= 0.6 is 27.5 Å². The summed E-state index contributed by atoms with van der Waals surface area (Å²) in [5.41, 5.74) is 3.61. The van der Waals surface area contributed by atoms with Gasteiger partial charge in [-0.05, 0) is 60.0 Å². The number of amides is 1. The maximum Gasteiger partial charge on any atom is 0.262 e. The number of rotatable bonds is 5. The molecule has 1 N–H and O–H groups in total. The molecule has 33 heavy (non-hydrogen) atoms. The van der Waals surface area contributed by atoms with Crippen molar-refractivity contribution < 1.29 is 13.2 Å². The van der Waals surface area contributed by atoms with Crippen molar-refractivity contribution in [3.63, 3.8) is 0 Å². The van der Waals surface area contributed by atoms with Gasteiger partial charge in [-0.25, -0.2) is 13.4 Å². The highest BCUT2D eigenvalue weighted by atomic mass is 79.9. The van der Waals surface area contributed by atoms with Crippen LogP contribution in [-0.4, -0.2) is 25.0 Å². The van der Waals surface area contributed by atoms with Crippen molar-refractivity contribution in [2.75, 3.05) is 4.72 Å². The summed E-state index contributed by atoms with van der Waals surface area (Å²) in [4.78, 5) is 12.4. The molecule has 1 aliphatic heterocycles. The van der Waals surface area contributed by atoms with Crippen LogP contribution in [0.2, 0.25) is 5.02 Å². The number of nitrogens with zero attached hydrogens (tertiary/aromatic N) is 2.